The van der Waals surface area contributed by atoms with E-state index in [0.717, 1.165) is 25.0 Å². The van der Waals surface area contributed by atoms with Crippen LogP contribution in [-0.4, -0.2) is 53.0 Å². The quantitative estimate of drug-likeness (QED) is 0.888. The molecule has 124 valence electrons. The number of nitrogens with one attached hydrogen (secondary N) is 1. The van der Waals surface area contributed by atoms with Gasteiger partial charge in [0.15, 0.2) is 0 Å². The largest absolute Gasteiger partial charge is 0.363 e. The van der Waals surface area contributed by atoms with E-state index in [1.165, 1.54) is 0 Å². The third-order valence-corrected chi connectivity index (χ3v) is 4.99. The number of piperidine rings is 1. The van der Waals surface area contributed by atoms with Crippen molar-refractivity contribution in [1.29, 1.82) is 0 Å². The van der Waals surface area contributed by atoms with Crippen LogP contribution in [0.15, 0.2) is 18.3 Å². The first kappa shape index (κ1) is 15.9. The molecule has 0 aliphatic carbocycles. The number of amides is 2. The Morgan fingerprint density at radius 1 is 1.43 bits per heavy atom. The van der Waals surface area contributed by atoms with Gasteiger partial charge in [-0.2, -0.15) is 0 Å². The lowest BCUT2D eigenvalue weighted by atomic mass is 9.83. The van der Waals surface area contributed by atoms with Crippen LogP contribution in [0.2, 0.25) is 0 Å². The van der Waals surface area contributed by atoms with Crippen molar-refractivity contribution in [3.8, 4) is 0 Å². The molecule has 1 aromatic rings. The Hall–Kier alpha value is -1.95. The molecule has 1 N–H and O–H groups in total. The van der Waals surface area contributed by atoms with Crippen LogP contribution >= 0.6 is 0 Å². The maximum atomic E-state index is 12.6. The molecule has 3 heterocycles. The summed E-state index contributed by atoms with van der Waals surface area (Å²) in [6.07, 6.45) is 3.99. The molecular weight excluding hydrogens is 294 g/mol. The molecule has 1 atom stereocenters. The van der Waals surface area contributed by atoms with Gasteiger partial charge in [0.05, 0.1) is 17.2 Å². The first-order valence-corrected chi connectivity index (χ1v) is 8.21. The van der Waals surface area contributed by atoms with Gasteiger partial charge in [-0.05, 0) is 38.3 Å². The zero-order valence-corrected chi connectivity index (χ0v) is 13.7. The second-order valence-corrected chi connectivity index (χ2v) is 6.33. The number of ether oxygens (including phenoxy) is 1. The number of carbonyl (C=O) groups is 2. The fourth-order valence-electron chi connectivity index (χ4n) is 3.36. The fraction of sp³-hybridized carbons (Fsp3) is 0.588. The van der Waals surface area contributed by atoms with Gasteiger partial charge in [0.2, 0.25) is 5.91 Å². The molecular formula is C17H23N3O3. The number of carbonyl (C=O) groups excluding carboxylic acids is 2. The van der Waals surface area contributed by atoms with Crippen LogP contribution in [-0.2, 0) is 16.0 Å². The zero-order valence-electron chi connectivity index (χ0n) is 13.7. The molecule has 2 aliphatic heterocycles. The maximum absolute atomic E-state index is 12.6. The molecule has 0 bridgehead atoms. The highest BCUT2D eigenvalue weighted by Gasteiger charge is 2.44. The molecule has 2 amide bonds. The molecule has 3 rings (SSSR count). The maximum Gasteiger partial charge on any atom is 0.255 e. The minimum atomic E-state index is -0.338. The van der Waals surface area contributed by atoms with E-state index >= 15 is 0 Å². The number of morpholine rings is 1. The average molecular weight is 317 g/mol. The van der Waals surface area contributed by atoms with Crippen molar-refractivity contribution in [1.82, 2.24) is 15.2 Å². The third kappa shape index (κ3) is 3.08. The van der Waals surface area contributed by atoms with E-state index in [0.29, 0.717) is 18.7 Å². The number of rotatable bonds is 2. The second kappa shape index (κ2) is 6.28. The number of aromatic nitrogens is 1. The van der Waals surface area contributed by atoms with E-state index < -0.39 is 0 Å². The summed E-state index contributed by atoms with van der Waals surface area (Å²) in [4.78, 5) is 30.1. The molecule has 2 fully saturated rings. The van der Waals surface area contributed by atoms with E-state index in [9.17, 15) is 9.59 Å². The van der Waals surface area contributed by atoms with Gasteiger partial charge in [-0.3, -0.25) is 14.6 Å². The highest BCUT2D eigenvalue weighted by Crippen LogP contribution is 2.32. The van der Waals surface area contributed by atoms with Crippen LogP contribution in [0.3, 0.4) is 0 Å². The molecule has 23 heavy (non-hydrogen) atoms. The van der Waals surface area contributed by atoms with E-state index in [-0.39, 0.29) is 30.1 Å². The molecule has 1 spiro atoms. The standard InChI is InChI=1S/C17H23N3O3/c1-3-14-5-4-13(10-18-14)16(22)20-8-6-17(7-9-20)12(2)19-15(21)11-23-17/h4-5,10,12H,3,6-9,11H2,1-2H3,(H,19,21). The summed E-state index contributed by atoms with van der Waals surface area (Å²) in [5.41, 5.74) is 1.28. The minimum absolute atomic E-state index is 0.0162. The highest BCUT2D eigenvalue weighted by atomic mass is 16.5. The summed E-state index contributed by atoms with van der Waals surface area (Å²) in [5.74, 6) is -0.0498. The molecule has 0 radical (unpaired) electrons. The van der Waals surface area contributed by atoms with Gasteiger partial charge in [0.25, 0.3) is 5.91 Å². The average Bonchev–Trinajstić information content (AvgIpc) is 2.59. The van der Waals surface area contributed by atoms with Gasteiger partial charge in [-0.15, -0.1) is 0 Å². The third-order valence-electron chi connectivity index (χ3n) is 4.99. The van der Waals surface area contributed by atoms with Crippen molar-refractivity contribution in [3.63, 3.8) is 0 Å². The Labute approximate surface area is 136 Å². The molecule has 1 aromatic heterocycles. The van der Waals surface area contributed by atoms with Gasteiger partial charge in [-0.1, -0.05) is 6.92 Å². The molecule has 1 unspecified atom stereocenters. The molecule has 0 saturated carbocycles. The van der Waals surface area contributed by atoms with Crippen molar-refractivity contribution >= 4 is 11.8 Å². The zero-order chi connectivity index (χ0) is 16.4. The number of nitrogens with zero attached hydrogens (tertiary/aromatic N) is 2. The Morgan fingerprint density at radius 3 is 2.74 bits per heavy atom. The van der Waals surface area contributed by atoms with Crippen LogP contribution in [0.1, 0.15) is 42.7 Å². The monoisotopic (exact) mass is 317 g/mol. The van der Waals surface area contributed by atoms with Crippen molar-refractivity contribution < 1.29 is 14.3 Å². The van der Waals surface area contributed by atoms with Crippen LogP contribution in [0.5, 0.6) is 0 Å². The number of hydrogen-bond donors (Lipinski definition) is 1. The van der Waals surface area contributed by atoms with Crippen molar-refractivity contribution in [2.45, 2.75) is 44.8 Å². The Morgan fingerprint density at radius 2 is 2.17 bits per heavy atom. The summed E-state index contributed by atoms with van der Waals surface area (Å²) in [7, 11) is 0. The Kier molecular flexibility index (Phi) is 4.35. The summed E-state index contributed by atoms with van der Waals surface area (Å²) in [6.45, 7) is 5.39. The first-order chi connectivity index (χ1) is 11.0. The summed E-state index contributed by atoms with van der Waals surface area (Å²) >= 11 is 0. The topological polar surface area (TPSA) is 71.5 Å². The van der Waals surface area contributed by atoms with Crippen LogP contribution in [0.4, 0.5) is 0 Å². The lowest BCUT2D eigenvalue weighted by molar-refractivity contribution is -0.158. The van der Waals surface area contributed by atoms with E-state index in [1.807, 2.05) is 30.9 Å². The number of likely N-dealkylation sites (tertiary alicyclic amines) is 1. The predicted octanol–water partition coefficient (Wildman–Crippen LogP) is 1.15. The summed E-state index contributed by atoms with van der Waals surface area (Å²) < 4.78 is 5.83. The number of pyridine rings is 1. The lowest BCUT2D eigenvalue weighted by Crippen LogP contribution is -2.63. The van der Waals surface area contributed by atoms with Crippen LogP contribution in [0.25, 0.3) is 0 Å². The molecule has 2 aliphatic rings. The van der Waals surface area contributed by atoms with Gasteiger partial charge < -0.3 is 15.0 Å². The van der Waals surface area contributed by atoms with Crippen molar-refractivity contribution in [3.05, 3.63) is 29.6 Å². The molecule has 6 nitrogen and oxygen atoms in total. The molecule has 6 heteroatoms. The number of hydrogen-bond acceptors (Lipinski definition) is 4. The van der Waals surface area contributed by atoms with E-state index in [2.05, 4.69) is 10.3 Å². The van der Waals surface area contributed by atoms with Gasteiger partial charge in [0, 0.05) is 25.0 Å². The first-order valence-electron chi connectivity index (χ1n) is 8.21. The smallest absolute Gasteiger partial charge is 0.255 e. The fourth-order valence-corrected chi connectivity index (χ4v) is 3.36. The summed E-state index contributed by atoms with van der Waals surface area (Å²) in [5, 5.41) is 2.95. The summed E-state index contributed by atoms with van der Waals surface area (Å²) in [6, 6.07) is 3.73. The number of aryl methyl sites for hydroxylation is 1. The molecule has 2 saturated heterocycles. The SMILES string of the molecule is CCc1ccc(C(=O)N2CCC3(CC2)OCC(=O)NC3C)cn1. The van der Waals surface area contributed by atoms with Crippen molar-refractivity contribution in [2.75, 3.05) is 19.7 Å². The van der Waals surface area contributed by atoms with Crippen LogP contribution < -0.4 is 5.32 Å². The molecule has 0 aromatic carbocycles. The lowest BCUT2D eigenvalue weighted by Gasteiger charge is -2.47. The second-order valence-electron chi connectivity index (χ2n) is 6.33. The van der Waals surface area contributed by atoms with Gasteiger partial charge in [0.1, 0.15) is 6.61 Å². The predicted molar refractivity (Wildman–Crippen MR) is 85.0 cm³/mol. The highest BCUT2D eigenvalue weighted by molar-refractivity contribution is 5.94. The van der Waals surface area contributed by atoms with Crippen LogP contribution in [0, 0.1) is 0 Å². The Bertz CT molecular complexity index is 592. The van der Waals surface area contributed by atoms with E-state index in [1.54, 1.807) is 6.20 Å². The minimum Gasteiger partial charge on any atom is -0.363 e. The van der Waals surface area contributed by atoms with Gasteiger partial charge in [-0.25, -0.2) is 0 Å². The van der Waals surface area contributed by atoms with Crippen molar-refractivity contribution in [2.24, 2.45) is 0 Å². The van der Waals surface area contributed by atoms with Gasteiger partial charge >= 0.3 is 0 Å². The van der Waals surface area contributed by atoms with E-state index in [4.69, 9.17) is 4.74 Å². The Balaban J connectivity index is 1.64. The normalized spacial score (nSPS) is 23.7.